The number of carbonyl (C=O) groups is 2. The van der Waals surface area contributed by atoms with E-state index in [0.717, 1.165) is 11.1 Å². The third-order valence-electron chi connectivity index (χ3n) is 7.63. The molecule has 4 atom stereocenters. The molecule has 2 aromatic carbocycles. The van der Waals surface area contributed by atoms with E-state index in [1.54, 1.807) is 30.0 Å². The molecule has 1 spiro atoms. The van der Waals surface area contributed by atoms with Gasteiger partial charge in [-0.05, 0) is 37.6 Å². The monoisotopic (exact) mass is 522 g/mol. The minimum atomic E-state index is -1.40. The van der Waals surface area contributed by atoms with Gasteiger partial charge < -0.3 is 14.8 Å². The average molecular weight is 523 g/mol. The smallest absolute Gasteiger partial charge is 0.350 e. The zero-order chi connectivity index (χ0) is 25.4. The van der Waals surface area contributed by atoms with Gasteiger partial charge in [0.25, 0.3) is 0 Å². The first-order valence-corrected chi connectivity index (χ1v) is 13.2. The molecule has 36 heavy (non-hydrogen) atoms. The van der Waals surface area contributed by atoms with Crippen LogP contribution in [-0.4, -0.2) is 39.4 Å². The van der Waals surface area contributed by atoms with E-state index in [1.165, 1.54) is 13.0 Å². The number of rotatable bonds is 3. The molecule has 2 saturated heterocycles. The molecule has 0 bridgehead atoms. The van der Waals surface area contributed by atoms with Crippen molar-refractivity contribution in [3.05, 3.63) is 92.0 Å². The minimum Gasteiger partial charge on any atom is -0.507 e. The molecule has 1 unspecified atom stereocenters. The largest absolute Gasteiger partial charge is 0.507 e. The van der Waals surface area contributed by atoms with Crippen LogP contribution in [0.3, 0.4) is 0 Å². The van der Waals surface area contributed by atoms with E-state index in [2.05, 4.69) is 10.2 Å². The molecule has 0 saturated carbocycles. The van der Waals surface area contributed by atoms with Crippen LogP contribution in [0.15, 0.2) is 57.7 Å². The molecule has 3 aliphatic rings. The number of nitrogens with zero attached hydrogens (tertiary/aromatic N) is 1. The minimum absolute atomic E-state index is 0.151. The van der Waals surface area contributed by atoms with Crippen molar-refractivity contribution in [1.29, 1.82) is 0 Å². The number of aromatic hydroxyl groups is 1. The Labute approximate surface area is 216 Å². The van der Waals surface area contributed by atoms with Crippen LogP contribution in [0, 0.1) is 19.8 Å². The van der Waals surface area contributed by atoms with Gasteiger partial charge in [0, 0.05) is 45.9 Å². The fraction of sp³-hybridized carbons (Fsp3) is 0.296. The second-order valence-electron chi connectivity index (χ2n) is 9.63. The summed E-state index contributed by atoms with van der Waals surface area (Å²) in [5.41, 5.74) is 0.414. The molecular formula is C27H23ClN2O5S. The topological polar surface area (TPSA) is 99.8 Å². The second-order valence-corrected chi connectivity index (χ2v) is 11.1. The van der Waals surface area contributed by atoms with Crippen LogP contribution >= 0.6 is 23.4 Å². The van der Waals surface area contributed by atoms with Gasteiger partial charge in [-0.15, -0.1) is 11.8 Å². The van der Waals surface area contributed by atoms with Gasteiger partial charge in [-0.1, -0.05) is 41.4 Å². The van der Waals surface area contributed by atoms with Crippen LogP contribution in [0.5, 0.6) is 5.75 Å². The Morgan fingerprint density at radius 2 is 1.92 bits per heavy atom. The quantitative estimate of drug-likeness (QED) is 0.491. The summed E-state index contributed by atoms with van der Waals surface area (Å²) in [7, 11) is 0. The predicted molar refractivity (Wildman–Crippen MR) is 138 cm³/mol. The van der Waals surface area contributed by atoms with Crippen molar-refractivity contribution in [1.82, 2.24) is 4.90 Å². The lowest BCUT2D eigenvalue weighted by Gasteiger charge is -2.36. The third kappa shape index (κ3) is 3.14. The number of halogens is 1. The summed E-state index contributed by atoms with van der Waals surface area (Å²) >= 11 is 8.11. The molecule has 1 aromatic heterocycles. The summed E-state index contributed by atoms with van der Waals surface area (Å²) in [6.07, 6.45) is 0. The first-order valence-electron chi connectivity index (χ1n) is 11.6. The van der Waals surface area contributed by atoms with E-state index in [-0.39, 0.29) is 17.7 Å². The zero-order valence-corrected chi connectivity index (χ0v) is 21.2. The van der Waals surface area contributed by atoms with E-state index < -0.39 is 40.1 Å². The highest BCUT2D eigenvalue weighted by molar-refractivity contribution is 7.99. The molecule has 2 fully saturated rings. The Morgan fingerprint density at radius 1 is 1.17 bits per heavy atom. The molecule has 3 aliphatic heterocycles. The van der Waals surface area contributed by atoms with E-state index >= 15 is 0 Å². The van der Waals surface area contributed by atoms with Gasteiger partial charge in [0.1, 0.15) is 22.6 Å². The number of fused-ring (bicyclic) bond motifs is 4. The molecule has 3 aromatic rings. The zero-order valence-electron chi connectivity index (χ0n) is 19.6. The number of aryl methyl sites for hydroxylation is 2. The number of carbonyl (C=O) groups excluding carboxylic acids is 2. The van der Waals surface area contributed by atoms with Gasteiger partial charge in [-0.25, -0.2) is 4.79 Å². The maximum Gasteiger partial charge on any atom is 0.350 e. The molecule has 7 nitrogen and oxygen atoms in total. The standard InChI is InChI=1S/C27H23ClN2O5S/c1-13-3-5-15(6-4-13)21-19-11-36-12-30(19)27(17-10-16(28)7-8-18(17)29-26(27)34)23(21)24(32)22-20(31)9-14(2)35-25(22)33/h3-10,19,21,23,31H,11-12H2,1-2H3,(H,29,34)/t19?,21-,23-,27+/m1/s1. The Kier molecular flexibility index (Phi) is 5.33. The third-order valence-corrected chi connectivity index (χ3v) is 8.90. The summed E-state index contributed by atoms with van der Waals surface area (Å²) in [4.78, 5) is 43.4. The van der Waals surface area contributed by atoms with Crippen LogP contribution in [0.25, 0.3) is 0 Å². The molecule has 184 valence electrons. The lowest BCUT2D eigenvalue weighted by atomic mass is 9.69. The van der Waals surface area contributed by atoms with E-state index in [9.17, 15) is 19.5 Å². The number of anilines is 1. The summed E-state index contributed by atoms with van der Waals surface area (Å²) < 4.78 is 5.21. The lowest BCUT2D eigenvalue weighted by Crippen LogP contribution is -2.53. The lowest BCUT2D eigenvalue weighted by molar-refractivity contribution is -0.127. The van der Waals surface area contributed by atoms with Crippen LogP contribution < -0.4 is 10.9 Å². The van der Waals surface area contributed by atoms with Crippen molar-refractivity contribution in [2.45, 2.75) is 31.3 Å². The van der Waals surface area contributed by atoms with Crippen LogP contribution in [-0.2, 0) is 10.3 Å². The number of amides is 1. The van der Waals surface area contributed by atoms with E-state index in [1.807, 2.05) is 31.2 Å². The fourth-order valence-corrected chi connectivity index (χ4v) is 7.69. The number of hydrogen-bond donors (Lipinski definition) is 2. The predicted octanol–water partition coefficient (Wildman–Crippen LogP) is 4.43. The number of nitrogens with one attached hydrogen (secondary N) is 1. The number of benzene rings is 2. The Hall–Kier alpha value is -3.07. The maximum absolute atomic E-state index is 14.4. The first-order chi connectivity index (χ1) is 17.2. The number of ketones is 1. The number of hydrogen-bond acceptors (Lipinski definition) is 7. The molecular weight excluding hydrogens is 500 g/mol. The summed E-state index contributed by atoms with van der Waals surface area (Å²) in [5.74, 6) is -1.38. The first kappa shape index (κ1) is 23.3. The number of Topliss-reactive ketones (excluding diaryl/α,β-unsaturated/α-hetero) is 1. The van der Waals surface area contributed by atoms with E-state index in [0.29, 0.717) is 27.9 Å². The SMILES string of the molecule is Cc1ccc([C@@H]2C3CSCN3[C@]3(C(=O)Nc4ccc(Cl)cc43)[C@H]2C(=O)c2c(O)cc(C)oc2=O)cc1. The van der Waals surface area contributed by atoms with Crippen LogP contribution in [0.1, 0.15) is 38.7 Å². The fourth-order valence-electron chi connectivity index (χ4n) is 6.19. The molecule has 0 aliphatic carbocycles. The molecule has 6 rings (SSSR count). The molecule has 1 amide bonds. The summed E-state index contributed by atoms with van der Waals surface area (Å²) in [6, 6.07) is 14.2. The van der Waals surface area contributed by atoms with Gasteiger partial charge in [0.2, 0.25) is 5.91 Å². The van der Waals surface area contributed by atoms with Gasteiger partial charge in [0.05, 0.1) is 5.92 Å². The molecule has 4 heterocycles. The van der Waals surface area contributed by atoms with Crippen LogP contribution in [0.2, 0.25) is 5.02 Å². The molecule has 0 radical (unpaired) electrons. The highest BCUT2D eigenvalue weighted by Crippen LogP contribution is 2.61. The van der Waals surface area contributed by atoms with Gasteiger partial charge >= 0.3 is 5.63 Å². The summed E-state index contributed by atoms with van der Waals surface area (Å²) in [6.45, 7) is 3.51. The Balaban J connectivity index is 1.65. The molecule has 2 N–H and O–H groups in total. The van der Waals surface area contributed by atoms with Gasteiger partial charge in [0.15, 0.2) is 5.78 Å². The van der Waals surface area contributed by atoms with Crippen LogP contribution in [0.4, 0.5) is 5.69 Å². The average Bonchev–Trinajstić information content (AvgIpc) is 3.47. The highest BCUT2D eigenvalue weighted by atomic mass is 35.5. The van der Waals surface area contributed by atoms with Crippen molar-refractivity contribution in [3.63, 3.8) is 0 Å². The highest BCUT2D eigenvalue weighted by Gasteiger charge is 2.70. The van der Waals surface area contributed by atoms with Crippen molar-refractivity contribution >= 4 is 40.7 Å². The summed E-state index contributed by atoms with van der Waals surface area (Å²) in [5, 5.41) is 14.1. The van der Waals surface area contributed by atoms with E-state index in [4.69, 9.17) is 16.0 Å². The van der Waals surface area contributed by atoms with Crippen molar-refractivity contribution in [2.75, 3.05) is 16.9 Å². The Morgan fingerprint density at radius 3 is 2.64 bits per heavy atom. The maximum atomic E-state index is 14.4. The van der Waals surface area contributed by atoms with Gasteiger partial charge in [-0.2, -0.15) is 0 Å². The van der Waals surface area contributed by atoms with Gasteiger partial charge in [-0.3, -0.25) is 14.5 Å². The Bertz CT molecular complexity index is 1490. The number of thioether (sulfide) groups is 1. The van der Waals surface area contributed by atoms with Crippen molar-refractivity contribution < 1.29 is 19.1 Å². The molecule has 9 heteroatoms. The second kappa shape index (κ2) is 8.23. The van der Waals surface area contributed by atoms with Crippen molar-refractivity contribution in [2.24, 2.45) is 5.92 Å². The van der Waals surface area contributed by atoms with Crippen molar-refractivity contribution in [3.8, 4) is 5.75 Å². The normalized spacial score (nSPS) is 26.8.